The van der Waals surface area contributed by atoms with Gasteiger partial charge in [0, 0.05) is 16.8 Å². The van der Waals surface area contributed by atoms with Gasteiger partial charge in [0.2, 0.25) is 0 Å². The van der Waals surface area contributed by atoms with Crippen LogP contribution in [0.1, 0.15) is 16.1 Å². The largest absolute Gasteiger partial charge is 0.506 e. The van der Waals surface area contributed by atoms with Crippen molar-refractivity contribution in [2.24, 2.45) is 5.10 Å². The topological polar surface area (TPSA) is 74.6 Å². The minimum atomic E-state index is -0.442. The molecule has 0 radical (unpaired) electrons. The van der Waals surface area contributed by atoms with Crippen LogP contribution in [0.2, 0.25) is 5.02 Å². The lowest BCUT2D eigenvalue weighted by atomic mass is 10.2. The van der Waals surface area contributed by atoms with E-state index in [1.54, 1.807) is 24.3 Å². The minimum absolute atomic E-state index is 0.00904. The first-order valence-corrected chi connectivity index (χ1v) is 6.67. The van der Waals surface area contributed by atoms with E-state index < -0.39 is 5.91 Å². The third-order valence-corrected chi connectivity index (χ3v) is 3.15. The molecule has 0 aliphatic rings. The molecule has 1 heterocycles. The standard InChI is InChI=1S/C13H9BrClN3O2/c14-10-6-9(15)5-8(12(10)19)7-17-18-13(20)11-3-1-2-4-16-11/h1-7,19H,(H,18,20)/b17-7-. The highest BCUT2D eigenvalue weighted by atomic mass is 79.9. The lowest BCUT2D eigenvalue weighted by Crippen LogP contribution is -2.18. The first-order valence-electron chi connectivity index (χ1n) is 5.50. The average molecular weight is 355 g/mol. The van der Waals surface area contributed by atoms with Crippen molar-refractivity contribution in [2.75, 3.05) is 0 Å². The zero-order valence-corrected chi connectivity index (χ0v) is 12.4. The van der Waals surface area contributed by atoms with Crippen LogP contribution in [0.3, 0.4) is 0 Å². The van der Waals surface area contributed by atoms with E-state index in [-0.39, 0.29) is 11.4 Å². The van der Waals surface area contributed by atoms with Crippen molar-refractivity contribution in [1.29, 1.82) is 0 Å². The molecule has 1 aromatic carbocycles. The molecule has 0 unspecified atom stereocenters. The Bertz CT molecular complexity index is 662. The molecule has 2 N–H and O–H groups in total. The van der Waals surface area contributed by atoms with Crippen molar-refractivity contribution in [3.05, 3.63) is 57.3 Å². The van der Waals surface area contributed by atoms with Gasteiger partial charge in [-0.05, 0) is 40.2 Å². The predicted molar refractivity (Wildman–Crippen MR) is 80.1 cm³/mol. The fourth-order valence-electron chi connectivity index (χ4n) is 1.40. The van der Waals surface area contributed by atoms with Gasteiger partial charge in [0.05, 0.1) is 10.7 Å². The number of hydrogen-bond donors (Lipinski definition) is 2. The van der Waals surface area contributed by atoms with Gasteiger partial charge < -0.3 is 5.11 Å². The first-order chi connectivity index (χ1) is 9.58. The molecule has 0 bridgehead atoms. The number of carbonyl (C=O) groups is 1. The normalized spacial score (nSPS) is 10.7. The number of nitrogens with zero attached hydrogens (tertiary/aromatic N) is 2. The second-order valence-electron chi connectivity index (χ2n) is 3.74. The average Bonchev–Trinajstić information content (AvgIpc) is 2.44. The van der Waals surface area contributed by atoms with Crippen LogP contribution in [0.25, 0.3) is 0 Å². The van der Waals surface area contributed by atoms with Gasteiger partial charge in [-0.2, -0.15) is 5.10 Å². The highest BCUT2D eigenvalue weighted by Gasteiger charge is 2.07. The quantitative estimate of drug-likeness (QED) is 0.657. The van der Waals surface area contributed by atoms with E-state index in [1.807, 2.05) is 0 Å². The van der Waals surface area contributed by atoms with Crippen molar-refractivity contribution in [1.82, 2.24) is 10.4 Å². The van der Waals surface area contributed by atoms with E-state index in [9.17, 15) is 9.90 Å². The second kappa shape index (κ2) is 6.49. The molecule has 5 nitrogen and oxygen atoms in total. The van der Waals surface area contributed by atoms with E-state index >= 15 is 0 Å². The Hall–Kier alpha value is -1.92. The van der Waals surface area contributed by atoms with Crippen LogP contribution in [0.15, 0.2) is 46.1 Å². The van der Waals surface area contributed by atoms with Gasteiger partial charge in [-0.25, -0.2) is 5.43 Å². The van der Waals surface area contributed by atoms with E-state index in [1.165, 1.54) is 18.5 Å². The second-order valence-corrected chi connectivity index (χ2v) is 5.03. The highest BCUT2D eigenvalue weighted by molar-refractivity contribution is 9.10. The van der Waals surface area contributed by atoms with Gasteiger partial charge in [0.25, 0.3) is 5.91 Å². The van der Waals surface area contributed by atoms with Crippen molar-refractivity contribution in [3.8, 4) is 5.75 Å². The number of nitrogens with one attached hydrogen (secondary N) is 1. The van der Waals surface area contributed by atoms with Crippen LogP contribution in [-0.2, 0) is 0 Å². The number of amides is 1. The summed E-state index contributed by atoms with van der Waals surface area (Å²) in [7, 11) is 0. The summed E-state index contributed by atoms with van der Waals surface area (Å²) in [4.78, 5) is 15.6. The molecule has 7 heteroatoms. The summed E-state index contributed by atoms with van der Waals surface area (Å²) in [6.45, 7) is 0. The molecule has 0 fully saturated rings. The van der Waals surface area contributed by atoms with E-state index in [4.69, 9.17) is 11.6 Å². The summed E-state index contributed by atoms with van der Waals surface area (Å²) in [5.74, 6) is -0.451. The molecular weight excluding hydrogens is 346 g/mol. The lowest BCUT2D eigenvalue weighted by Gasteiger charge is -2.02. The number of hydrogen-bond acceptors (Lipinski definition) is 4. The Morgan fingerprint density at radius 2 is 2.25 bits per heavy atom. The van der Waals surface area contributed by atoms with E-state index in [0.717, 1.165) is 0 Å². The Morgan fingerprint density at radius 3 is 2.95 bits per heavy atom. The fourth-order valence-corrected chi connectivity index (χ4v) is 2.23. The first kappa shape index (κ1) is 14.5. The molecule has 0 atom stereocenters. The molecule has 0 aliphatic carbocycles. The zero-order valence-electron chi connectivity index (χ0n) is 10.0. The van der Waals surface area contributed by atoms with E-state index in [0.29, 0.717) is 15.1 Å². The SMILES string of the molecule is O=C(N/N=C\c1cc(Cl)cc(Br)c1O)c1ccccn1. The maximum absolute atomic E-state index is 11.7. The number of pyridine rings is 1. The molecule has 0 saturated heterocycles. The molecular formula is C13H9BrClN3O2. The van der Waals surface area contributed by atoms with Crippen molar-refractivity contribution in [2.45, 2.75) is 0 Å². The van der Waals surface area contributed by atoms with Gasteiger partial charge in [-0.3, -0.25) is 9.78 Å². The Labute approximate surface area is 128 Å². The summed E-state index contributed by atoms with van der Waals surface area (Å²) < 4.78 is 0.447. The van der Waals surface area contributed by atoms with Crippen LogP contribution in [0.5, 0.6) is 5.75 Å². The maximum atomic E-state index is 11.7. The molecule has 0 saturated carbocycles. The molecule has 20 heavy (non-hydrogen) atoms. The third-order valence-electron chi connectivity index (χ3n) is 2.32. The summed E-state index contributed by atoms with van der Waals surface area (Å²) in [6, 6.07) is 8.06. The number of phenols is 1. The highest BCUT2D eigenvalue weighted by Crippen LogP contribution is 2.30. The Kier molecular flexibility index (Phi) is 4.70. The number of halogens is 2. The van der Waals surface area contributed by atoms with Crippen molar-refractivity contribution in [3.63, 3.8) is 0 Å². The van der Waals surface area contributed by atoms with Gasteiger partial charge in [-0.15, -0.1) is 0 Å². The molecule has 1 amide bonds. The molecule has 0 aliphatic heterocycles. The van der Waals surface area contributed by atoms with Crippen molar-refractivity contribution < 1.29 is 9.90 Å². The number of hydrazone groups is 1. The summed E-state index contributed by atoms with van der Waals surface area (Å²) in [6.07, 6.45) is 2.81. The van der Waals surface area contributed by atoms with Crippen LogP contribution < -0.4 is 5.43 Å². The number of phenolic OH excluding ortho intramolecular Hbond substituents is 1. The summed E-state index contributed by atoms with van der Waals surface area (Å²) >= 11 is 9.02. The number of benzene rings is 1. The summed E-state index contributed by atoms with van der Waals surface area (Å²) in [5, 5.41) is 14.0. The molecule has 0 spiro atoms. The minimum Gasteiger partial charge on any atom is -0.506 e. The predicted octanol–water partition coefficient (Wildman–Crippen LogP) is 2.97. The van der Waals surface area contributed by atoms with Crippen LogP contribution in [-0.4, -0.2) is 22.2 Å². The molecule has 2 aromatic rings. The molecule has 102 valence electrons. The lowest BCUT2D eigenvalue weighted by molar-refractivity contribution is 0.0950. The van der Waals surface area contributed by atoms with Crippen LogP contribution >= 0.6 is 27.5 Å². The van der Waals surface area contributed by atoms with Gasteiger partial charge >= 0.3 is 0 Å². The Morgan fingerprint density at radius 1 is 1.45 bits per heavy atom. The van der Waals surface area contributed by atoms with Crippen molar-refractivity contribution >= 4 is 39.7 Å². The van der Waals surface area contributed by atoms with Crippen LogP contribution in [0.4, 0.5) is 0 Å². The smallest absolute Gasteiger partial charge is 0.289 e. The number of aromatic nitrogens is 1. The molecule has 2 rings (SSSR count). The number of carbonyl (C=O) groups excluding carboxylic acids is 1. The van der Waals surface area contributed by atoms with Gasteiger partial charge in [0.1, 0.15) is 11.4 Å². The number of aromatic hydroxyl groups is 1. The van der Waals surface area contributed by atoms with Crippen LogP contribution in [0, 0.1) is 0 Å². The van der Waals surface area contributed by atoms with E-state index in [2.05, 4.69) is 31.4 Å². The Balaban J connectivity index is 2.10. The maximum Gasteiger partial charge on any atom is 0.289 e. The van der Waals surface area contributed by atoms with Gasteiger partial charge in [0.15, 0.2) is 0 Å². The summed E-state index contributed by atoms with van der Waals surface area (Å²) in [5.41, 5.74) is 2.94. The molecule has 1 aromatic heterocycles. The monoisotopic (exact) mass is 353 g/mol. The fraction of sp³-hybridized carbons (Fsp3) is 0. The third kappa shape index (κ3) is 3.55. The van der Waals surface area contributed by atoms with Gasteiger partial charge in [-0.1, -0.05) is 17.7 Å². The number of rotatable bonds is 3. The zero-order chi connectivity index (χ0) is 14.5.